The van der Waals surface area contributed by atoms with Gasteiger partial charge in [0, 0.05) is 11.8 Å². The molecule has 62 valence electrons. The van der Waals surface area contributed by atoms with E-state index >= 15 is 0 Å². The smallest absolute Gasteiger partial charge is 0.160 e. The fraction of sp³-hybridized carbons (Fsp3) is 0.667. The average Bonchev–Trinajstić information content (AvgIpc) is 2.36. The number of aryl methyl sites for hydroxylation is 1. The van der Waals surface area contributed by atoms with Crippen LogP contribution in [0.2, 0.25) is 0 Å². The highest BCUT2D eigenvalue weighted by Gasteiger charge is 2.14. The molecule has 0 fully saturated rings. The van der Waals surface area contributed by atoms with E-state index in [0.29, 0.717) is 18.0 Å². The molecule has 1 rings (SSSR count). The van der Waals surface area contributed by atoms with E-state index in [4.69, 9.17) is 0 Å². The molecule has 5 nitrogen and oxygen atoms in total. The van der Waals surface area contributed by atoms with Crippen molar-refractivity contribution in [1.82, 2.24) is 15.7 Å². The lowest BCUT2D eigenvalue weighted by Gasteiger charge is -2.04. The summed E-state index contributed by atoms with van der Waals surface area (Å²) in [5.74, 6) is 0.563. The molecule has 1 heterocycles. The van der Waals surface area contributed by atoms with E-state index in [2.05, 4.69) is 20.2 Å². The first-order chi connectivity index (χ1) is 5.25. The Labute approximate surface area is 64.4 Å². The zero-order chi connectivity index (χ0) is 8.27. The Balaban J connectivity index is 2.67. The summed E-state index contributed by atoms with van der Waals surface area (Å²) in [6.07, 6.45) is -0.633. The number of hydrogen-bond donors (Lipinski definition) is 2. The maximum atomic E-state index is 9.37. The van der Waals surface area contributed by atoms with Crippen molar-refractivity contribution in [3.05, 3.63) is 11.5 Å². The molecule has 0 amide bonds. The number of rotatable bonds is 3. The standard InChI is InChI=1S/C6H11N3O2/c1-4-6(8-9-11-4)5(10)3-7-2/h5,7,10H,3H2,1-2H3. The van der Waals surface area contributed by atoms with Crippen molar-refractivity contribution >= 4 is 0 Å². The van der Waals surface area contributed by atoms with Crippen LogP contribution in [0.5, 0.6) is 0 Å². The number of hydrogen-bond acceptors (Lipinski definition) is 5. The molecule has 1 atom stereocenters. The predicted octanol–water partition coefficient (Wildman–Crippen LogP) is -0.369. The topological polar surface area (TPSA) is 71.2 Å². The van der Waals surface area contributed by atoms with Crippen LogP contribution < -0.4 is 5.32 Å². The van der Waals surface area contributed by atoms with Crippen LogP contribution in [-0.4, -0.2) is 29.1 Å². The van der Waals surface area contributed by atoms with Gasteiger partial charge < -0.3 is 14.9 Å². The molecule has 0 saturated heterocycles. The van der Waals surface area contributed by atoms with Crippen LogP contribution in [0, 0.1) is 6.92 Å². The quantitative estimate of drug-likeness (QED) is 0.626. The normalized spacial score (nSPS) is 13.4. The summed E-state index contributed by atoms with van der Waals surface area (Å²) in [4.78, 5) is 0. The minimum Gasteiger partial charge on any atom is -0.385 e. The van der Waals surface area contributed by atoms with Crippen molar-refractivity contribution in [3.8, 4) is 0 Å². The van der Waals surface area contributed by atoms with E-state index in [0.717, 1.165) is 0 Å². The van der Waals surface area contributed by atoms with Gasteiger partial charge in [-0.3, -0.25) is 0 Å². The van der Waals surface area contributed by atoms with Gasteiger partial charge in [-0.05, 0) is 14.0 Å². The lowest BCUT2D eigenvalue weighted by molar-refractivity contribution is 0.171. The van der Waals surface area contributed by atoms with Gasteiger partial charge in [-0.25, -0.2) is 0 Å². The zero-order valence-corrected chi connectivity index (χ0v) is 6.53. The largest absolute Gasteiger partial charge is 0.385 e. The number of aliphatic hydroxyl groups excluding tert-OH is 1. The molecular formula is C6H11N3O2. The number of nitrogens with zero attached hydrogens (tertiary/aromatic N) is 2. The zero-order valence-electron chi connectivity index (χ0n) is 6.53. The van der Waals surface area contributed by atoms with Crippen LogP contribution in [0.4, 0.5) is 0 Å². The van der Waals surface area contributed by atoms with E-state index in [-0.39, 0.29) is 0 Å². The molecule has 5 heteroatoms. The summed E-state index contributed by atoms with van der Waals surface area (Å²) in [6, 6.07) is 0. The molecule has 0 spiro atoms. The van der Waals surface area contributed by atoms with Gasteiger partial charge in [0.15, 0.2) is 5.76 Å². The SMILES string of the molecule is CNCC(O)c1nnoc1C. The van der Waals surface area contributed by atoms with Crippen LogP contribution in [0.1, 0.15) is 17.6 Å². The minimum atomic E-state index is -0.633. The van der Waals surface area contributed by atoms with Crippen LogP contribution >= 0.6 is 0 Å². The third-order valence-electron chi connectivity index (χ3n) is 1.40. The second-order valence-corrected chi connectivity index (χ2v) is 2.29. The van der Waals surface area contributed by atoms with Crippen molar-refractivity contribution in [3.63, 3.8) is 0 Å². The Morgan fingerprint density at radius 3 is 2.91 bits per heavy atom. The van der Waals surface area contributed by atoms with Crippen molar-refractivity contribution in [2.45, 2.75) is 13.0 Å². The maximum Gasteiger partial charge on any atom is 0.160 e. The highest BCUT2D eigenvalue weighted by atomic mass is 16.5. The molecule has 0 aliphatic heterocycles. The highest BCUT2D eigenvalue weighted by molar-refractivity contribution is 5.06. The maximum absolute atomic E-state index is 9.37. The fourth-order valence-corrected chi connectivity index (χ4v) is 0.834. The molecule has 1 aromatic heterocycles. The van der Waals surface area contributed by atoms with Gasteiger partial charge in [-0.15, -0.1) is 5.10 Å². The Morgan fingerprint density at radius 1 is 1.73 bits per heavy atom. The monoisotopic (exact) mass is 157 g/mol. The van der Waals surface area contributed by atoms with E-state index in [9.17, 15) is 5.11 Å². The molecule has 0 aromatic carbocycles. The van der Waals surface area contributed by atoms with Crippen molar-refractivity contribution in [2.24, 2.45) is 0 Å². The summed E-state index contributed by atoms with van der Waals surface area (Å²) in [5.41, 5.74) is 0.499. The molecule has 0 aliphatic rings. The van der Waals surface area contributed by atoms with E-state index in [1.165, 1.54) is 0 Å². The van der Waals surface area contributed by atoms with Gasteiger partial charge in [0.1, 0.15) is 11.8 Å². The predicted molar refractivity (Wildman–Crippen MR) is 37.9 cm³/mol. The van der Waals surface area contributed by atoms with Gasteiger partial charge in [0.25, 0.3) is 0 Å². The van der Waals surface area contributed by atoms with E-state index in [1.807, 2.05) is 0 Å². The molecule has 1 unspecified atom stereocenters. The summed E-state index contributed by atoms with van der Waals surface area (Å²) in [6.45, 7) is 2.17. The third-order valence-corrected chi connectivity index (χ3v) is 1.40. The first kappa shape index (κ1) is 8.16. The Morgan fingerprint density at radius 2 is 2.45 bits per heavy atom. The summed E-state index contributed by atoms with van der Waals surface area (Å²) in [5, 5.41) is 19.1. The summed E-state index contributed by atoms with van der Waals surface area (Å²) in [7, 11) is 1.76. The highest BCUT2D eigenvalue weighted by Crippen LogP contribution is 2.11. The van der Waals surface area contributed by atoms with Crippen LogP contribution in [0.15, 0.2) is 4.52 Å². The second kappa shape index (κ2) is 3.45. The van der Waals surface area contributed by atoms with Gasteiger partial charge in [-0.1, -0.05) is 0 Å². The van der Waals surface area contributed by atoms with Crippen LogP contribution in [-0.2, 0) is 0 Å². The number of aliphatic hydroxyl groups is 1. The summed E-state index contributed by atoms with van der Waals surface area (Å²) >= 11 is 0. The van der Waals surface area contributed by atoms with Gasteiger partial charge in [-0.2, -0.15) is 0 Å². The van der Waals surface area contributed by atoms with Gasteiger partial charge >= 0.3 is 0 Å². The Kier molecular flexibility index (Phi) is 2.56. The number of likely N-dealkylation sites (N-methyl/N-ethyl adjacent to an activating group) is 1. The van der Waals surface area contributed by atoms with Crippen molar-refractivity contribution < 1.29 is 9.63 Å². The molecule has 0 radical (unpaired) electrons. The lowest BCUT2D eigenvalue weighted by Crippen LogP contribution is -2.17. The van der Waals surface area contributed by atoms with E-state index in [1.54, 1.807) is 14.0 Å². The second-order valence-electron chi connectivity index (χ2n) is 2.29. The molecule has 0 saturated carbocycles. The molecule has 1 aromatic rings. The fourth-order valence-electron chi connectivity index (χ4n) is 0.834. The van der Waals surface area contributed by atoms with Crippen molar-refractivity contribution in [2.75, 3.05) is 13.6 Å². The average molecular weight is 157 g/mol. The minimum absolute atomic E-state index is 0.453. The molecule has 2 N–H and O–H groups in total. The van der Waals surface area contributed by atoms with Crippen molar-refractivity contribution in [1.29, 1.82) is 0 Å². The Hall–Kier alpha value is -0.940. The van der Waals surface area contributed by atoms with E-state index < -0.39 is 6.10 Å². The lowest BCUT2D eigenvalue weighted by atomic mass is 10.2. The number of nitrogens with one attached hydrogen (secondary N) is 1. The molecule has 0 bridgehead atoms. The van der Waals surface area contributed by atoms with Gasteiger partial charge in [0.05, 0.1) is 0 Å². The Bertz CT molecular complexity index is 223. The summed E-state index contributed by atoms with van der Waals surface area (Å²) < 4.78 is 4.68. The first-order valence-corrected chi connectivity index (χ1v) is 3.37. The molecule has 11 heavy (non-hydrogen) atoms. The van der Waals surface area contributed by atoms with Crippen LogP contribution in [0.3, 0.4) is 0 Å². The molecular weight excluding hydrogens is 146 g/mol. The molecule has 0 aliphatic carbocycles. The van der Waals surface area contributed by atoms with Gasteiger partial charge in [0.2, 0.25) is 0 Å². The first-order valence-electron chi connectivity index (χ1n) is 3.37. The third kappa shape index (κ3) is 1.75. The number of aromatic nitrogens is 2. The van der Waals surface area contributed by atoms with Crippen LogP contribution in [0.25, 0.3) is 0 Å².